The third kappa shape index (κ3) is 3.22. The number of carbonyl (C=O) groups excluding carboxylic acids is 2. The van der Waals surface area contributed by atoms with Gasteiger partial charge >= 0.3 is 5.97 Å². The molecule has 0 N–H and O–H groups in total. The maximum Gasteiger partial charge on any atom is 0.309 e. The van der Waals surface area contributed by atoms with E-state index in [2.05, 4.69) is 6.92 Å². The van der Waals surface area contributed by atoms with Crippen molar-refractivity contribution in [2.75, 3.05) is 13.2 Å². The minimum atomic E-state index is -0.490. The van der Waals surface area contributed by atoms with Crippen molar-refractivity contribution in [3.63, 3.8) is 0 Å². The number of ether oxygens (including phenoxy) is 2. The molecule has 1 aliphatic heterocycles. The Hall–Kier alpha value is -0.900. The van der Waals surface area contributed by atoms with E-state index >= 15 is 0 Å². The standard InChI is InChI=1S/C18H30O4/c1-7-12-13-8-21-9-14(13)15(16(12)19)10(2)11(3)17(20)22-18(4,5)6/h10-15H,7-9H2,1-6H3/t10?,11-,12?,13-,14-,15-/m0/s1. The van der Waals surface area contributed by atoms with Gasteiger partial charge in [-0.05, 0) is 44.9 Å². The zero-order valence-corrected chi connectivity index (χ0v) is 14.7. The summed E-state index contributed by atoms with van der Waals surface area (Å²) in [6.45, 7) is 12.9. The van der Waals surface area contributed by atoms with Crippen molar-refractivity contribution in [3.8, 4) is 0 Å². The molecule has 4 nitrogen and oxygen atoms in total. The first-order valence-electron chi connectivity index (χ1n) is 8.51. The van der Waals surface area contributed by atoms with Crippen LogP contribution in [0.2, 0.25) is 0 Å². The monoisotopic (exact) mass is 310 g/mol. The summed E-state index contributed by atoms with van der Waals surface area (Å²) in [7, 11) is 0. The molecule has 0 spiro atoms. The third-order valence-electron chi connectivity index (χ3n) is 5.42. The number of esters is 1. The molecule has 126 valence electrons. The summed E-state index contributed by atoms with van der Waals surface area (Å²) >= 11 is 0. The molecular weight excluding hydrogens is 280 g/mol. The Balaban J connectivity index is 2.12. The first-order chi connectivity index (χ1) is 10.2. The Bertz CT molecular complexity index is 437. The first kappa shape index (κ1) is 17.5. The van der Waals surface area contributed by atoms with E-state index in [9.17, 15) is 9.59 Å². The molecule has 0 radical (unpaired) electrons. The van der Waals surface area contributed by atoms with Crippen LogP contribution < -0.4 is 0 Å². The predicted octanol–water partition coefficient (Wildman–Crippen LogP) is 3.09. The molecule has 1 aliphatic carbocycles. The van der Waals surface area contributed by atoms with Crippen LogP contribution in [0, 0.1) is 35.5 Å². The molecule has 0 aromatic rings. The summed E-state index contributed by atoms with van der Waals surface area (Å²) in [4.78, 5) is 25.1. The second-order valence-electron chi connectivity index (χ2n) is 7.99. The van der Waals surface area contributed by atoms with Gasteiger partial charge in [0.1, 0.15) is 11.4 Å². The highest BCUT2D eigenvalue weighted by Gasteiger charge is 2.54. The van der Waals surface area contributed by atoms with Gasteiger partial charge in [-0.1, -0.05) is 20.8 Å². The fraction of sp³-hybridized carbons (Fsp3) is 0.889. The van der Waals surface area contributed by atoms with Gasteiger partial charge in [-0.15, -0.1) is 0 Å². The molecule has 0 amide bonds. The SMILES string of the molecule is CCC1C(=O)[C@@H](C(C)[C@H](C)C(=O)OC(C)(C)C)[C@H]2COC[C@@H]12. The normalized spacial score (nSPS) is 34.4. The van der Waals surface area contributed by atoms with Crippen LogP contribution in [0.5, 0.6) is 0 Å². The molecule has 2 rings (SSSR count). The van der Waals surface area contributed by atoms with E-state index in [1.165, 1.54) is 0 Å². The number of hydrogen-bond donors (Lipinski definition) is 0. The number of ketones is 1. The van der Waals surface area contributed by atoms with E-state index in [1.54, 1.807) is 0 Å². The van der Waals surface area contributed by atoms with Crippen molar-refractivity contribution in [2.24, 2.45) is 35.5 Å². The number of fused-ring (bicyclic) bond motifs is 1. The van der Waals surface area contributed by atoms with Crippen LogP contribution in [0.15, 0.2) is 0 Å². The van der Waals surface area contributed by atoms with Crippen LogP contribution in [0.3, 0.4) is 0 Å². The van der Waals surface area contributed by atoms with Gasteiger partial charge < -0.3 is 9.47 Å². The zero-order valence-electron chi connectivity index (χ0n) is 14.7. The Labute approximate surface area is 133 Å². The van der Waals surface area contributed by atoms with Gasteiger partial charge in [-0.3, -0.25) is 9.59 Å². The van der Waals surface area contributed by atoms with Crippen LogP contribution in [0.25, 0.3) is 0 Å². The van der Waals surface area contributed by atoms with Crippen LogP contribution in [0.4, 0.5) is 0 Å². The average Bonchev–Trinajstić information content (AvgIpc) is 2.94. The number of carbonyl (C=O) groups is 2. The van der Waals surface area contributed by atoms with Gasteiger partial charge in [-0.2, -0.15) is 0 Å². The molecule has 0 bridgehead atoms. The van der Waals surface area contributed by atoms with Crippen molar-refractivity contribution in [3.05, 3.63) is 0 Å². The second kappa shape index (κ2) is 6.31. The molecular formula is C18H30O4. The summed E-state index contributed by atoms with van der Waals surface area (Å²) in [5.41, 5.74) is -0.490. The third-order valence-corrected chi connectivity index (χ3v) is 5.42. The Morgan fingerprint density at radius 3 is 2.41 bits per heavy atom. The highest BCUT2D eigenvalue weighted by atomic mass is 16.6. The van der Waals surface area contributed by atoms with E-state index in [-0.39, 0.29) is 35.6 Å². The summed E-state index contributed by atoms with van der Waals surface area (Å²) in [5.74, 6) is 0.504. The minimum absolute atomic E-state index is 0.00639. The van der Waals surface area contributed by atoms with E-state index in [0.717, 1.165) is 6.42 Å². The molecule has 0 aromatic carbocycles. The molecule has 1 heterocycles. The van der Waals surface area contributed by atoms with Crippen molar-refractivity contribution in [1.82, 2.24) is 0 Å². The molecule has 2 fully saturated rings. The highest BCUT2D eigenvalue weighted by molar-refractivity contribution is 5.87. The molecule has 6 atom stereocenters. The summed E-state index contributed by atoms with van der Waals surface area (Å²) in [6, 6.07) is 0. The van der Waals surface area contributed by atoms with E-state index in [0.29, 0.717) is 24.9 Å². The lowest BCUT2D eigenvalue weighted by Gasteiger charge is -2.29. The summed E-state index contributed by atoms with van der Waals surface area (Å²) in [6.07, 6.45) is 0.868. The lowest BCUT2D eigenvalue weighted by molar-refractivity contribution is -0.162. The van der Waals surface area contributed by atoms with Crippen molar-refractivity contribution >= 4 is 11.8 Å². The lowest BCUT2D eigenvalue weighted by atomic mass is 9.77. The van der Waals surface area contributed by atoms with Gasteiger partial charge in [0.15, 0.2) is 0 Å². The van der Waals surface area contributed by atoms with Crippen LogP contribution in [0.1, 0.15) is 48.0 Å². The topological polar surface area (TPSA) is 52.6 Å². The summed E-state index contributed by atoms with van der Waals surface area (Å²) in [5, 5.41) is 0. The van der Waals surface area contributed by atoms with E-state index in [1.807, 2.05) is 34.6 Å². The van der Waals surface area contributed by atoms with Gasteiger partial charge in [0, 0.05) is 11.8 Å². The van der Waals surface area contributed by atoms with Crippen molar-refractivity contribution in [2.45, 2.75) is 53.6 Å². The number of rotatable bonds is 4. The summed E-state index contributed by atoms with van der Waals surface area (Å²) < 4.78 is 11.1. The molecule has 2 aliphatic rings. The van der Waals surface area contributed by atoms with Crippen LogP contribution in [-0.2, 0) is 19.1 Å². The fourth-order valence-electron chi connectivity index (χ4n) is 4.11. The molecule has 22 heavy (non-hydrogen) atoms. The van der Waals surface area contributed by atoms with Gasteiger partial charge in [-0.25, -0.2) is 0 Å². The first-order valence-corrected chi connectivity index (χ1v) is 8.51. The maximum absolute atomic E-state index is 12.8. The minimum Gasteiger partial charge on any atom is -0.460 e. The molecule has 2 unspecified atom stereocenters. The maximum atomic E-state index is 12.8. The molecule has 4 heteroatoms. The van der Waals surface area contributed by atoms with Crippen molar-refractivity contribution < 1.29 is 19.1 Å². The molecule has 0 aromatic heterocycles. The van der Waals surface area contributed by atoms with Crippen molar-refractivity contribution in [1.29, 1.82) is 0 Å². The van der Waals surface area contributed by atoms with Gasteiger partial charge in [0.25, 0.3) is 0 Å². The average molecular weight is 310 g/mol. The quantitative estimate of drug-likeness (QED) is 0.749. The van der Waals surface area contributed by atoms with E-state index < -0.39 is 5.60 Å². The number of Topliss-reactive ketones (excluding diaryl/α,β-unsaturated/α-hetero) is 1. The Kier molecular flexibility index (Phi) is 5.00. The zero-order chi connectivity index (χ0) is 16.7. The van der Waals surface area contributed by atoms with Crippen LogP contribution >= 0.6 is 0 Å². The fourth-order valence-corrected chi connectivity index (χ4v) is 4.11. The lowest BCUT2D eigenvalue weighted by Crippen LogP contribution is -2.36. The number of hydrogen-bond acceptors (Lipinski definition) is 4. The Morgan fingerprint density at radius 1 is 1.27 bits per heavy atom. The van der Waals surface area contributed by atoms with Crippen LogP contribution in [-0.4, -0.2) is 30.6 Å². The smallest absolute Gasteiger partial charge is 0.309 e. The second-order valence-corrected chi connectivity index (χ2v) is 7.99. The Morgan fingerprint density at radius 2 is 1.86 bits per heavy atom. The molecule has 1 saturated carbocycles. The largest absolute Gasteiger partial charge is 0.460 e. The van der Waals surface area contributed by atoms with E-state index in [4.69, 9.17) is 9.47 Å². The van der Waals surface area contributed by atoms with Gasteiger partial charge in [0.2, 0.25) is 0 Å². The highest BCUT2D eigenvalue weighted by Crippen LogP contribution is 2.48. The van der Waals surface area contributed by atoms with Gasteiger partial charge in [0.05, 0.1) is 19.1 Å². The predicted molar refractivity (Wildman–Crippen MR) is 84.3 cm³/mol. The molecule has 1 saturated heterocycles.